The highest BCUT2D eigenvalue weighted by molar-refractivity contribution is 8.00. The third-order valence-corrected chi connectivity index (χ3v) is 7.40. The van der Waals surface area contributed by atoms with Gasteiger partial charge in [0.1, 0.15) is 0 Å². The van der Waals surface area contributed by atoms with Crippen LogP contribution in [0.2, 0.25) is 0 Å². The zero-order chi connectivity index (χ0) is 15.6. The van der Waals surface area contributed by atoms with Gasteiger partial charge in [-0.1, -0.05) is 12.8 Å². The van der Waals surface area contributed by atoms with Crippen LogP contribution in [0, 0.1) is 5.92 Å². The molecule has 3 rings (SSSR count). The molecule has 4 nitrogen and oxygen atoms in total. The summed E-state index contributed by atoms with van der Waals surface area (Å²) in [7, 11) is 0. The second-order valence-electron chi connectivity index (χ2n) is 7.26. The lowest BCUT2D eigenvalue weighted by atomic mass is 9.85. The number of carbonyl (C=O) groups excluding carboxylic acids is 1. The maximum Gasteiger partial charge on any atom is 0.317 e. The summed E-state index contributed by atoms with van der Waals surface area (Å²) >= 11 is 1.89. The Morgan fingerprint density at radius 3 is 2.77 bits per heavy atom. The molecule has 0 aromatic heterocycles. The summed E-state index contributed by atoms with van der Waals surface area (Å²) in [5.41, 5.74) is 0. The largest absolute Gasteiger partial charge is 0.381 e. The van der Waals surface area contributed by atoms with Gasteiger partial charge in [0.25, 0.3) is 0 Å². The first kappa shape index (κ1) is 16.4. The third-order valence-electron chi connectivity index (χ3n) is 5.98. The fourth-order valence-corrected chi connectivity index (χ4v) is 5.37. The van der Waals surface area contributed by atoms with Gasteiger partial charge in [-0.05, 0) is 51.2 Å². The summed E-state index contributed by atoms with van der Waals surface area (Å²) in [6.45, 7) is 4.64. The molecule has 2 aliphatic heterocycles. The Morgan fingerprint density at radius 1 is 1.32 bits per heavy atom. The maximum absolute atomic E-state index is 12.8. The van der Waals surface area contributed by atoms with E-state index in [1.807, 2.05) is 11.8 Å². The summed E-state index contributed by atoms with van der Waals surface area (Å²) in [4.78, 5) is 14.9. The van der Waals surface area contributed by atoms with Crippen molar-refractivity contribution >= 4 is 17.8 Å². The average molecular weight is 327 g/mol. The van der Waals surface area contributed by atoms with Crippen molar-refractivity contribution in [2.24, 2.45) is 5.92 Å². The first-order valence-corrected chi connectivity index (χ1v) is 10.1. The smallest absolute Gasteiger partial charge is 0.317 e. The molecule has 0 unspecified atom stereocenters. The molecule has 2 heterocycles. The first-order valence-electron chi connectivity index (χ1n) is 8.84. The molecule has 0 radical (unpaired) electrons. The van der Waals surface area contributed by atoms with Crippen LogP contribution in [0.5, 0.6) is 0 Å². The Labute approximate surface area is 138 Å². The highest BCUT2D eigenvalue weighted by Gasteiger charge is 2.43. The van der Waals surface area contributed by atoms with Gasteiger partial charge in [-0.15, -0.1) is 0 Å². The Bertz CT molecular complexity index is 398. The monoisotopic (exact) mass is 326 g/mol. The van der Waals surface area contributed by atoms with E-state index in [0.29, 0.717) is 12.1 Å². The number of likely N-dealkylation sites (tertiary alicyclic amines) is 1. The van der Waals surface area contributed by atoms with Crippen molar-refractivity contribution in [3.8, 4) is 0 Å². The normalized spacial score (nSPS) is 34.3. The SMILES string of the molecule is CSC1(CNC(=O)N2[C@H](C)C[C@@H]3CCCC[C@H]32)CCOCC1. The number of nitrogens with zero attached hydrogens (tertiary/aromatic N) is 1. The van der Waals surface area contributed by atoms with E-state index in [0.717, 1.165) is 38.5 Å². The Balaban J connectivity index is 1.59. The van der Waals surface area contributed by atoms with Crippen LogP contribution in [0.4, 0.5) is 4.79 Å². The van der Waals surface area contributed by atoms with Crippen LogP contribution < -0.4 is 5.32 Å². The summed E-state index contributed by atoms with van der Waals surface area (Å²) in [6, 6.07) is 1.05. The van der Waals surface area contributed by atoms with Gasteiger partial charge in [0.15, 0.2) is 0 Å². The Morgan fingerprint density at radius 2 is 2.05 bits per heavy atom. The van der Waals surface area contributed by atoms with E-state index in [4.69, 9.17) is 4.74 Å². The topological polar surface area (TPSA) is 41.6 Å². The Kier molecular flexibility index (Phi) is 5.23. The van der Waals surface area contributed by atoms with Crippen molar-refractivity contribution in [3.05, 3.63) is 0 Å². The molecule has 0 bridgehead atoms. The molecule has 1 saturated carbocycles. The zero-order valence-corrected chi connectivity index (χ0v) is 14.8. The molecule has 0 spiro atoms. The molecule has 3 atom stereocenters. The summed E-state index contributed by atoms with van der Waals surface area (Å²) in [5, 5.41) is 3.26. The molecular formula is C17H30N2O2S. The van der Waals surface area contributed by atoms with Crippen LogP contribution in [0.1, 0.15) is 51.9 Å². The van der Waals surface area contributed by atoms with E-state index in [9.17, 15) is 4.79 Å². The average Bonchev–Trinajstić information content (AvgIpc) is 2.89. The Hall–Kier alpha value is -0.420. The molecule has 126 valence electrons. The minimum absolute atomic E-state index is 0.168. The number of carbonyl (C=O) groups is 1. The number of thioether (sulfide) groups is 1. The van der Waals surface area contributed by atoms with Crippen LogP contribution in [0.25, 0.3) is 0 Å². The number of hydrogen-bond acceptors (Lipinski definition) is 3. The third kappa shape index (κ3) is 3.25. The lowest BCUT2D eigenvalue weighted by molar-refractivity contribution is 0.0767. The van der Waals surface area contributed by atoms with Crippen molar-refractivity contribution in [1.82, 2.24) is 10.2 Å². The second-order valence-corrected chi connectivity index (χ2v) is 8.54. The van der Waals surface area contributed by atoms with Crippen molar-refractivity contribution < 1.29 is 9.53 Å². The molecule has 1 aliphatic carbocycles. The molecule has 3 fully saturated rings. The summed E-state index contributed by atoms with van der Waals surface area (Å²) in [5.74, 6) is 0.743. The minimum atomic E-state index is 0.168. The number of urea groups is 1. The zero-order valence-electron chi connectivity index (χ0n) is 14.0. The highest BCUT2D eigenvalue weighted by Crippen LogP contribution is 2.39. The van der Waals surface area contributed by atoms with Gasteiger partial charge in [-0.2, -0.15) is 11.8 Å². The van der Waals surface area contributed by atoms with Gasteiger partial charge in [-0.25, -0.2) is 4.79 Å². The quantitative estimate of drug-likeness (QED) is 0.865. The van der Waals surface area contributed by atoms with Crippen LogP contribution in [-0.4, -0.2) is 53.8 Å². The number of hydrogen-bond donors (Lipinski definition) is 1. The fourth-order valence-electron chi connectivity index (χ4n) is 4.58. The predicted octanol–water partition coefficient (Wildman–Crippen LogP) is 3.26. The number of fused-ring (bicyclic) bond motifs is 1. The van der Waals surface area contributed by atoms with E-state index in [2.05, 4.69) is 23.4 Å². The van der Waals surface area contributed by atoms with E-state index < -0.39 is 0 Å². The van der Waals surface area contributed by atoms with Crippen molar-refractivity contribution in [1.29, 1.82) is 0 Å². The van der Waals surface area contributed by atoms with E-state index >= 15 is 0 Å². The number of rotatable bonds is 3. The van der Waals surface area contributed by atoms with E-state index in [1.165, 1.54) is 32.1 Å². The molecule has 5 heteroatoms. The van der Waals surface area contributed by atoms with Crippen LogP contribution in [0.3, 0.4) is 0 Å². The van der Waals surface area contributed by atoms with Crippen molar-refractivity contribution in [2.45, 2.75) is 68.7 Å². The number of ether oxygens (including phenoxy) is 1. The lowest BCUT2D eigenvalue weighted by Gasteiger charge is -2.38. The van der Waals surface area contributed by atoms with Gasteiger partial charge < -0.3 is 15.0 Å². The first-order chi connectivity index (χ1) is 10.7. The molecular weight excluding hydrogens is 296 g/mol. The molecule has 22 heavy (non-hydrogen) atoms. The number of amides is 2. The predicted molar refractivity (Wildman–Crippen MR) is 91.4 cm³/mol. The lowest BCUT2D eigenvalue weighted by Crippen LogP contribution is -2.52. The van der Waals surface area contributed by atoms with E-state index in [-0.39, 0.29) is 10.8 Å². The molecule has 2 amide bonds. The molecule has 3 aliphatic rings. The standard InChI is InChI=1S/C17H30N2O2S/c1-13-11-14-5-3-4-6-15(14)19(13)16(20)18-12-17(22-2)7-9-21-10-8-17/h13-15H,3-12H2,1-2H3,(H,18,20)/t13-,14+,15-/m1/s1. The molecule has 2 saturated heterocycles. The molecule has 0 aromatic rings. The van der Waals surface area contributed by atoms with Crippen molar-refractivity contribution in [3.63, 3.8) is 0 Å². The molecule has 0 aromatic carbocycles. The second kappa shape index (κ2) is 7.00. The van der Waals surface area contributed by atoms with E-state index in [1.54, 1.807) is 0 Å². The highest BCUT2D eigenvalue weighted by atomic mass is 32.2. The summed E-state index contributed by atoms with van der Waals surface area (Å²) < 4.78 is 5.65. The van der Waals surface area contributed by atoms with Crippen LogP contribution in [-0.2, 0) is 4.74 Å². The van der Waals surface area contributed by atoms with Crippen LogP contribution >= 0.6 is 11.8 Å². The maximum atomic E-state index is 12.8. The summed E-state index contributed by atoms with van der Waals surface area (Å²) in [6.07, 6.45) is 10.6. The van der Waals surface area contributed by atoms with Crippen LogP contribution in [0.15, 0.2) is 0 Å². The fraction of sp³-hybridized carbons (Fsp3) is 0.941. The number of nitrogens with one attached hydrogen (secondary N) is 1. The van der Waals surface area contributed by atoms with Gasteiger partial charge >= 0.3 is 6.03 Å². The molecule has 1 N–H and O–H groups in total. The minimum Gasteiger partial charge on any atom is -0.381 e. The van der Waals surface area contributed by atoms with Gasteiger partial charge in [-0.3, -0.25) is 0 Å². The van der Waals surface area contributed by atoms with Gasteiger partial charge in [0, 0.05) is 36.6 Å². The van der Waals surface area contributed by atoms with Gasteiger partial charge in [0.05, 0.1) is 0 Å². The van der Waals surface area contributed by atoms with Gasteiger partial charge in [0.2, 0.25) is 0 Å². The van der Waals surface area contributed by atoms with Crippen molar-refractivity contribution in [2.75, 3.05) is 26.0 Å².